The minimum Gasteiger partial charge on any atom is -0.258 e. The number of hydrogen-bond donors (Lipinski definition) is 0. The summed E-state index contributed by atoms with van der Waals surface area (Å²) < 4.78 is 0. The van der Waals surface area contributed by atoms with E-state index in [2.05, 4.69) is 9.97 Å². The number of nitro benzene ring substituents is 1. The van der Waals surface area contributed by atoms with Crippen LogP contribution in [0.15, 0.2) is 66.9 Å². The van der Waals surface area contributed by atoms with Crippen LogP contribution in [0, 0.1) is 10.1 Å². The molecule has 0 bridgehead atoms. The summed E-state index contributed by atoms with van der Waals surface area (Å²) in [7, 11) is 0. The third-order valence-corrected chi connectivity index (χ3v) is 3.04. The van der Waals surface area contributed by atoms with Crippen LogP contribution in [-0.2, 0) is 0 Å². The first kappa shape index (κ1) is 12.9. The highest BCUT2D eigenvalue weighted by Gasteiger charge is 2.09. The lowest BCUT2D eigenvalue weighted by molar-refractivity contribution is -0.384. The van der Waals surface area contributed by atoms with E-state index < -0.39 is 4.92 Å². The van der Waals surface area contributed by atoms with E-state index in [4.69, 9.17) is 0 Å². The van der Waals surface area contributed by atoms with Crippen molar-refractivity contribution in [1.82, 2.24) is 9.97 Å². The Morgan fingerprint density at radius 2 is 1.67 bits per heavy atom. The van der Waals surface area contributed by atoms with Gasteiger partial charge in [0.25, 0.3) is 5.69 Å². The quantitative estimate of drug-likeness (QED) is 0.540. The second-order valence-electron chi connectivity index (χ2n) is 4.44. The Morgan fingerprint density at radius 1 is 0.905 bits per heavy atom. The van der Waals surface area contributed by atoms with Gasteiger partial charge in [-0.1, -0.05) is 42.5 Å². The Kier molecular flexibility index (Phi) is 3.39. The fourth-order valence-corrected chi connectivity index (χ4v) is 2.02. The zero-order valence-electron chi connectivity index (χ0n) is 11.0. The number of benzene rings is 2. The molecule has 0 spiro atoms. The van der Waals surface area contributed by atoms with Crippen molar-refractivity contribution in [2.75, 3.05) is 0 Å². The number of nitro groups is 1. The third-order valence-electron chi connectivity index (χ3n) is 3.04. The molecule has 0 fully saturated rings. The molecule has 21 heavy (non-hydrogen) atoms. The molecule has 3 aromatic rings. The van der Waals surface area contributed by atoms with Gasteiger partial charge in [-0.3, -0.25) is 10.1 Å². The van der Waals surface area contributed by atoms with Crippen molar-refractivity contribution in [3.63, 3.8) is 0 Å². The normalized spacial score (nSPS) is 10.3. The maximum absolute atomic E-state index is 10.8. The topological polar surface area (TPSA) is 68.9 Å². The molecule has 0 aliphatic heterocycles. The molecule has 0 radical (unpaired) electrons. The Hall–Kier alpha value is -3.08. The molecule has 0 unspecified atom stereocenters. The van der Waals surface area contributed by atoms with E-state index in [1.807, 2.05) is 30.3 Å². The van der Waals surface area contributed by atoms with E-state index in [0.717, 1.165) is 5.56 Å². The zero-order chi connectivity index (χ0) is 14.7. The number of rotatable bonds is 3. The van der Waals surface area contributed by atoms with Gasteiger partial charge in [0.05, 0.1) is 10.6 Å². The molecule has 0 saturated heterocycles. The van der Waals surface area contributed by atoms with Crippen LogP contribution in [-0.4, -0.2) is 14.9 Å². The van der Waals surface area contributed by atoms with Gasteiger partial charge >= 0.3 is 0 Å². The average molecular weight is 277 g/mol. The van der Waals surface area contributed by atoms with Gasteiger partial charge in [-0.25, -0.2) is 9.97 Å². The predicted octanol–water partition coefficient (Wildman–Crippen LogP) is 3.72. The van der Waals surface area contributed by atoms with E-state index in [1.165, 1.54) is 12.1 Å². The molecule has 0 atom stereocenters. The number of aromatic nitrogens is 2. The summed E-state index contributed by atoms with van der Waals surface area (Å²) >= 11 is 0. The first-order valence-electron chi connectivity index (χ1n) is 6.37. The number of non-ortho nitro benzene ring substituents is 1. The summed E-state index contributed by atoms with van der Waals surface area (Å²) in [5.41, 5.74) is 2.31. The highest BCUT2D eigenvalue weighted by molar-refractivity contribution is 5.65. The van der Waals surface area contributed by atoms with Crippen LogP contribution < -0.4 is 0 Å². The first-order chi connectivity index (χ1) is 10.2. The molecule has 102 valence electrons. The molecular weight excluding hydrogens is 266 g/mol. The highest BCUT2D eigenvalue weighted by Crippen LogP contribution is 2.23. The minimum atomic E-state index is -0.414. The van der Waals surface area contributed by atoms with Crippen molar-refractivity contribution in [1.29, 1.82) is 0 Å². The first-order valence-corrected chi connectivity index (χ1v) is 6.37. The van der Waals surface area contributed by atoms with Gasteiger partial charge in [-0.2, -0.15) is 0 Å². The lowest BCUT2D eigenvalue weighted by Gasteiger charge is -2.04. The highest BCUT2D eigenvalue weighted by atomic mass is 16.6. The van der Waals surface area contributed by atoms with Crippen LogP contribution in [0.5, 0.6) is 0 Å². The van der Waals surface area contributed by atoms with Crippen LogP contribution in [0.4, 0.5) is 5.69 Å². The molecule has 0 N–H and O–H groups in total. The van der Waals surface area contributed by atoms with E-state index in [-0.39, 0.29) is 5.69 Å². The molecule has 0 aliphatic carbocycles. The zero-order valence-corrected chi connectivity index (χ0v) is 11.0. The monoisotopic (exact) mass is 277 g/mol. The summed E-state index contributed by atoms with van der Waals surface area (Å²) in [6.45, 7) is 0. The Morgan fingerprint density at radius 3 is 2.43 bits per heavy atom. The molecule has 3 rings (SSSR count). The summed E-state index contributed by atoms with van der Waals surface area (Å²) in [5, 5.41) is 10.8. The Balaban J connectivity index is 2.04. The molecule has 0 aliphatic rings. The maximum atomic E-state index is 10.8. The number of hydrogen-bond acceptors (Lipinski definition) is 4. The second-order valence-corrected chi connectivity index (χ2v) is 4.44. The average Bonchev–Trinajstić information content (AvgIpc) is 2.56. The lowest BCUT2D eigenvalue weighted by Crippen LogP contribution is -1.92. The summed E-state index contributed by atoms with van der Waals surface area (Å²) in [4.78, 5) is 19.2. The predicted molar refractivity (Wildman–Crippen MR) is 79.6 cm³/mol. The van der Waals surface area contributed by atoms with Crippen LogP contribution in [0.2, 0.25) is 0 Å². The molecular formula is C16H11N3O2. The van der Waals surface area contributed by atoms with Gasteiger partial charge in [0, 0.05) is 29.5 Å². The van der Waals surface area contributed by atoms with Crippen molar-refractivity contribution in [3.05, 3.63) is 77.0 Å². The molecule has 5 nitrogen and oxygen atoms in total. The van der Waals surface area contributed by atoms with Crippen LogP contribution >= 0.6 is 0 Å². The third kappa shape index (κ3) is 2.76. The van der Waals surface area contributed by atoms with E-state index in [1.54, 1.807) is 24.4 Å². The fourth-order valence-electron chi connectivity index (χ4n) is 2.02. The van der Waals surface area contributed by atoms with Crippen molar-refractivity contribution in [2.45, 2.75) is 0 Å². The largest absolute Gasteiger partial charge is 0.270 e. The Labute approximate surface area is 121 Å². The fraction of sp³-hybridized carbons (Fsp3) is 0. The smallest absolute Gasteiger partial charge is 0.258 e. The van der Waals surface area contributed by atoms with Crippen molar-refractivity contribution >= 4 is 5.69 Å². The minimum absolute atomic E-state index is 0.0485. The molecule has 0 saturated carbocycles. The second kappa shape index (κ2) is 5.50. The van der Waals surface area contributed by atoms with Gasteiger partial charge in [-0.05, 0) is 6.07 Å². The molecule has 2 aromatic carbocycles. The van der Waals surface area contributed by atoms with E-state index >= 15 is 0 Å². The number of nitrogens with zero attached hydrogens (tertiary/aromatic N) is 3. The van der Waals surface area contributed by atoms with E-state index in [0.29, 0.717) is 17.1 Å². The van der Waals surface area contributed by atoms with Crippen LogP contribution in [0.3, 0.4) is 0 Å². The molecule has 1 aromatic heterocycles. The van der Waals surface area contributed by atoms with Crippen molar-refractivity contribution < 1.29 is 4.92 Å². The standard InChI is InChI=1S/C16H11N3O2/c20-19(21)14-8-4-7-13(11-14)15-9-10-17-16(18-15)12-5-2-1-3-6-12/h1-11H. The summed E-state index contributed by atoms with van der Waals surface area (Å²) in [5.74, 6) is 0.597. The van der Waals surface area contributed by atoms with Gasteiger partial charge in [0.2, 0.25) is 0 Å². The van der Waals surface area contributed by atoms with E-state index in [9.17, 15) is 10.1 Å². The molecule has 0 amide bonds. The Bertz CT molecular complexity index is 788. The van der Waals surface area contributed by atoms with Gasteiger partial charge < -0.3 is 0 Å². The summed E-state index contributed by atoms with van der Waals surface area (Å²) in [6, 6.07) is 17.8. The lowest BCUT2D eigenvalue weighted by atomic mass is 10.1. The SMILES string of the molecule is O=[N+]([O-])c1cccc(-c2ccnc(-c3ccccc3)n2)c1. The van der Waals surface area contributed by atoms with Gasteiger partial charge in [0.15, 0.2) is 5.82 Å². The van der Waals surface area contributed by atoms with Crippen molar-refractivity contribution in [3.8, 4) is 22.6 Å². The summed E-state index contributed by atoms with van der Waals surface area (Å²) in [6.07, 6.45) is 1.66. The van der Waals surface area contributed by atoms with Crippen LogP contribution in [0.1, 0.15) is 0 Å². The van der Waals surface area contributed by atoms with Gasteiger partial charge in [0.1, 0.15) is 0 Å². The molecule has 1 heterocycles. The molecule has 5 heteroatoms. The van der Waals surface area contributed by atoms with Crippen LogP contribution in [0.25, 0.3) is 22.6 Å². The van der Waals surface area contributed by atoms with Gasteiger partial charge in [-0.15, -0.1) is 0 Å². The van der Waals surface area contributed by atoms with Crippen molar-refractivity contribution in [2.24, 2.45) is 0 Å². The maximum Gasteiger partial charge on any atom is 0.270 e.